The van der Waals surface area contributed by atoms with Crippen molar-refractivity contribution >= 4 is 17.5 Å². The third-order valence-corrected chi connectivity index (χ3v) is 3.79. The summed E-state index contributed by atoms with van der Waals surface area (Å²) < 4.78 is 16.0. The van der Waals surface area contributed by atoms with E-state index in [0.717, 1.165) is 5.56 Å². The number of nitrogens with zero attached hydrogens (tertiary/aromatic N) is 2. The van der Waals surface area contributed by atoms with Gasteiger partial charge >= 0.3 is 0 Å². The predicted molar refractivity (Wildman–Crippen MR) is 75.9 cm³/mol. The number of H-pyrrole nitrogens is 1. The zero-order valence-electron chi connectivity index (χ0n) is 11.5. The molecule has 1 N–H and O–H groups in total. The maximum absolute atomic E-state index is 11.0. The quantitative estimate of drug-likeness (QED) is 0.844. The number of aromatic nitrogens is 3. The Morgan fingerprint density at radius 2 is 2.33 bits per heavy atom. The summed E-state index contributed by atoms with van der Waals surface area (Å²) in [4.78, 5) is 15.3. The van der Waals surface area contributed by atoms with E-state index in [4.69, 9.17) is 14.2 Å². The molecular weight excluding hydrogens is 294 g/mol. The van der Waals surface area contributed by atoms with Crippen molar-refractivity contribution in [1.82, 2.24) is 15.2 Å². The molecule has 1 aromatic heterocycles. The largest absolute Gasteiger partial charge is 0.493 e. The lowest BCUT2D eigenvalue weighted by Gasteiger charge is -2.06. The Hall–Kier alpha value is -2.22. The summed E-state index contributed by atoms with van der Waals surface area (Å²) in [6.45, 7) is 1.70. The van der Waals surface area contributed by atoms with Crippen LogP contribution in [0.1, 0.15) is 6.92 Å². The zero-order valence-corrected chi connectivity index (χ0v) is 12.3. The molecule has 1 aromatic carbocycles. The summed E-state index contributed by atoms with van der Waals surface area (Å²) in [5.74, 6) is 2.79. The van der Waals surface area contributed by atoms with E-state index in [-0.39, 0.29) is 12.6 Å². The van der Waals surface area contributed by atoms with Crippen molar-refractivity contribution in [3.8, 4) is 28.6 Å². The second-order valence-corrected chi connectivity index (χ2v) is 5.31. The number of ether oxygens (including phenoxy) is 3. The average Bonchev–Trinajstić information content (AvgIpc) is 3.12. The highest BCUT2D eigenvalue weighted by atomic mass is 32.2. The summed E-state index contributed by atoms with van der Waals surface area (Å²) in [5.41, 5.74) is 0.776. The van der Waals surface area contributed by atoms with Crippen LogP contribution in [0, 0.1) is 0 Å². The van der Waals surface area contributed by atoms with E-state index in [2.05, 4.69) is 15.2 Å². The Morgan fingerprint density at radius 3 is 3.10 bits per heavy atom. The molecule has 7 nitrogen and oxygen atoms in total. The summed E-state index contributed by atoms with van der Waals surface area (Å²) in [6.07, 6.45) is 0. The van der Waals surface area contributed by atoms with E-state index in [9.17, 15) is 4.79 Å². The van der Waals surface area contributed by atoms with E-state index < -0.39 is 0 Å². The van der Waals surface area contributed by atoms with Crippen molar-refractivity contribution < 1.29 is 19.0 Å². The second kappa shape index (κ2) is 5.65. The number of methoxy groups -OCH3 is 1. The fourth-order valence-electron chi connectivity index (χ4n) is 1.87. The van der Waals surface area contributed by atoms with Gasteiger partial charge in [-0.25, -0.2) is 4.98 Å². The number of hydrogen-bond acceptors (Lipinski definition) is 7. The minimum Gasteiger partial charge on any atom is -0.493 e. The Labute approximate surface area is 125 Å². The van der Waals surface area contributed by atoms with Crippen molar-refractivity contribution in [3.05, 3.63) is 12.1 Å². The maximum atomic E-state index is 11.0. The number of carbonyl (C=O) groups is 1. The van der Waals surface area contributed by atoms with Gasteiger partial charge in [0, 0.05) is 5.56 Å². The van der Waals surface area contributed by atoms with Crippen molar-refractivity contribution in [2.24, 2.45) is 0 Å². The number of benzene rings is 1. The molecule has 2 heterocycles. The minimum absolute atomic E-state index is 0.0797. The topological polar surface area (TPSA) is 86.3 Å². The number of nitrogens with one attached hydrogen (secondary N) is 1. The van der Waals surface area contributed by atoms with Crippen molar-refractivity contribution in [3.63, 3.8) is 0 Å². The number of Topliss-reactive ketones (excluding diaryl/α,β-unsaturated/α-hetero) is 1. The lowest BCUT2D eigenvalue weighted by atomic mass is 10.2. The molecule has 0 saturated carbocycles. The Balaban J connectivity index is 1.88. The number of thioether (sulfide) groups is 1. The number of rotatable bonds is 5. The third kappa shape index (κ3) is 2.80. The fourth-order valence-corrected chi connectivity index (χ4v) is 2.47. The molecule has 0 aliphatic carbocycles. The highest BCUT2D eigenvalue weighted by Gasteiger charge is 2.21. The van der Waals surface area contributed by atoms with Gasteiger partial charge in [0.25, 0.3) is 0 Å². The lowest BCUT2D eigenvalue weighted by Crippen LogP contribution is -1.93. The molecule has 0 unspecified atom stereocenters. The molecule has 8 heteroatoms. The first-order valence-corrected chi connectivity index (χ1v) is 7.18. The Bertz CT molecular complexity index is 686. The van der Waals surface area contributed by atoms with E-state index in [1.165, 1.54) is 18.7 Å². The lowest BCUT2D eigenvalue weighted by molar-refractivity contribution is -0.114. The predicted octanol–water partition coefficient (Wildman–Crippen LogP) is 1.89. The fraction of sp³-hybridized carbons (Fsp3) is 0.308. The van der Waals surface area contributed by atoms with Crippen LogP contribution in [0.5, 0.6) is 17.2 Å². The first-order chi connectivity index (χ1) is 10.2. The summed E-state index contributed by atoms with van der Waals surface area (Å²) >= 11 is 1.29. The van der Waals surface area contributed by atoms with Crippen molar-refractivity contribution in [2.45, 2.75) is 12.1 Å². The number of aromatic amines is 1. The van der Waals surface area contributed by atoms with E-state index in [1.807, 2.05) is 6.07 Å². The minimum atomic E-state index is 0.0797. The van der Waals surface area contributed by atoms with Gasteiger partial charge in [0.15, 0.2) is 17.3 Å². The van der Waals surface area contributed by atoms with Gasteiger partial charge in [-0.3, -0.25) is 9.89 Å². The van der Waals surface area contributed by atoms with Crippen LogP contribution in [-0.4, -0.2) is 40.6 Å². The van der Waals surface area contributed by atoms with Crippen LogP contribution in [-0.2, 0) is 4.79 Å². The average molecular weight is 307 g/mol. The molecule has 110 valence electrons. The van der Waals surface area contributed by atoms with Crippen molar-refractivity contribution in [1.29, 1.82) is 0 Å². The molecule has 0 radical (unpaired) electrons. The molecule has 0 spiro atoms. The molecule has 0 atom stereocenters. The normalized spacial score (nSPS) is 12.5. The SMILES string of the molecule is COc1cc(-c2nc(SCC(C)=O)n[nH]2)cc2c1OCO2. The monoisotopic (exact) mass is 307 g/mol. The van der Waals surface area contributed by atoms with Gasteiger partial charge in [-0.2, -0.15) is 0 Å². The van der Waals surface area contributed by atoms with Gasteiger partial charge < -0.3 is 14.2 Å². The number of hydrogen-bond donors (Lipinski definition) is 1. The van der Waals surface area contributed by atoms with E-state index in [1.54, 1.807) is 13.2 Å². The van der Waals surface area contributed by atoms with Gasteiger partial charge in [0.05, 0.1) is 12.9 Å². The van der Waals surface area contributed by atoms with Crippen molar-refractivity contribution in [2.75, 3.05) is 19.7 Å². The van der Waals surface area contributed by atoms with E-state index >= 15 is 0 Å². The highest BCUT2D eigenvalue weighted by Crippen LogP contribution is 2.43. The van der Waals surface area contributed by atoms with Crippen LogP contribution in [0.15, 0.2) is 17.3 Å². The third-order valence-electron chi connectivity index (χ3n) is 2.80. The molecule has 1 aliphatic rings. The smallest absolute Gasteiger partial charge is 0.231 e. The molecule has 0 saturated heterocycles. The molecule has 0 fully saturated rings. The summed E-state index contributed by atoms with van der Waals surface area (Å²) in [5, 5.41) is 7.44. The molecule has 2 aromatic rings. The van der Waals surface area contributed by atoms with Gasteiger partial charge in [0.2, 0.25) is 17.7 Å². The Kier molecular flexibility index (Phi) is 3.70. The zero-order chi connectivity index (χ0) is 14.8. The van der Waals surface area contributed by atoms with Gasteiger partial charge in [-0.05, 0) is 19.1 Å². The van der Waals surface area contributed by atoms with Crippen LogP contribution in [0.4, 0.5) is 0 Å². The molecule has 0 amide bonds. The molecule has 3 rings (SSSR count). The first kappa shape index (κ1) is 13.7. The van der Waals surface area contributed by atoms with Crippen LogP contribution < -0.4 is 14.2 Å². The standard InChI is InChI=1S/C13H13N3O4S/c1-7(17)5-21-13-14-12(15-16-13)8-3-9(18-2)11-10(4-8)19-6-20-11/h3-4H,5-6H2,1-2H3,(H,14,15,16). The Morgan fingerprint density at radius 1 is 1.48 bits per heavy atom. The van der Waals surface area contributed by atoms with Crippen LogP contribution >= 0.6 is 11.8 Å². The highest BCUT2D eigenvalue weighted by molar-refractivity contribution is 7.99. The van der Waals surface area contributed by atoms with Gasteiger partial charge in [-0.1, -0.05) is 11.8 Å². The summed E-state index contributed by atoms with van der Waals surface area (Å²) in [6, 6.07) is 3.61. The molecule has 1 aliphatic heterocycles. The first-order valence-electron chi connectivity index (χ1n) is 6.20. The molecular formula is C13H13N3O4S. The number of ketones is 1. The molecule has 0 bridgehead atoms. The van der Waals surface area contributed by atoms with Crippen LogP contribution in [0.2, 0.25) is 0 Å². The van der Waals surface area contributed by atoms with Gasteiger partial charge in [0.1, 0.15) is 5.78 Å². The number of fused-ring (bicyclic) bond motifs is 1. The molecule has 21 heavy (non-hydrogen) atoms. The van der Waals surface area contributed by atoms with E-state index in [0.29, 0.717) is 34.0 Å². The summed E-state index contributed by atoms with van der Waals surface area (Å²) in [7, 11) is 1.57. The van der Waals surface area contributed by atoms with Crippen LogP contribution in [0.3, 0.4) is 0 Å². The second-order valence-electron chi connectivity index (χ2n) is 4.37. The van der Waals surface area contributed by atoms with Crippen LogP contribution in [0.25, 0.3) is 11.4 Å². The van der Waals surface area contributed by atoms with Gasteiger partial charge in [-0.15, -0.1) is 5.10 Å². The maximum Gasteiger partial charge on any atom is 0.231 e. The number of carbonyl (C=O) groups excluding carboxylic acids is 1.